The molecule has 1 aromatic carbocycles. The van der Waals surface area contributed by atoms with Crippen LogP contribution in [-0.2, 0) is 4.79 Å². The minimum Gasteiger partial charge on any atom is -0.342 e. The summed E-state index contributed by atoms with van der Waals surface area (Å²) in [5, 5.41) is 2.02. The number of nitrogens with one attached hydrogen (secondary N) is 1. The van der Waals surface area contributed by atoms with Crippen LogP contribution in [-0.4, -0.2) is 71.0 Å². The van der Waals surface area contributed by atoms with Crippen LogP contribution in [0.3, 0.4) is 0 Å². The number of aromatic nitrogens is 2. The van der Waals surface area contributed by atoms with Crippen molar-refractivity contribution in [2.45, 2.75) is 39.7 Å². The van der Waals surface area contributed by atoms with E-state index in [4.69, 9.17) is 4.98 Å². The third-order valence-corrected chi connectivity index (χ3v) is 8.21. The average Bonchev–Trinajstić information content (AvgIpc) is 3.28. The van der Waals surface area contributed by atoms with Gasteiger partial charge in [0.25, 0.3) is 5.56 Å². The van der Waals surface area contributed by atoms with E-state index in [1.165, 1.54) is 16.9 Å². The molecule has 3 aromatic rings. The summed E-state index contributed by atoms with van der Waals surface area (Å²) in [5.74, 6) is 0.960. The highest BCUT2D eigenvalue weighted by Gasteiger charge is 2.31. The molecule has 7 nitrogen and oxygen atoms in total. The third-order valence-electron chi connectivity index (χ3n) is 7.24. The molecular formula is C26H33N5O2S. The number of hydrogen-bond acceptors (Lipinski definition) is 6. The largest absolute Gasteiger partial charge is 0.342 e. The molecular weight excluding hydrogens is 446 g/mol. The lowest BCUT2D eigenvalue weighted by Crippen LogP contribution is -2.53. The number of carbonyl (C=O) groups excluding carboxylic acids is 1. The Bertz CT molecular complexity index is 1230. The maximum absolute atomic E-state index is 13.1. The smallest absolute Gasteiger partial charge is 0.270 e. The summed E-state index contributed by atoms with van der Waals surface area (Å²) < 4.78 is 0.658. The number of fused-ring (bicyclic) bond motifs is 1. The molecule has 0 atom stereocenters. The third kappa shape index (κ3) is 4.49. The molecule has 0 radical (unpaired) electrons. The Kier molecular flexibility index (Phi) is 6.44. The number of anilines is 1. The van der Waals surface area contributed by atoms with Gasteiger partial charge in [0.1, 0.15) is 4.70 Å². The number of aryl methyl sites for hydroxylation is 1. The molecule has 2 fully saturated rings. The standard InChI is InChI=1S/C26H33N5O2S/c1-17(2)29-11-13-30(14-12-29)25(33)19-7-9-31(10-8-19)26-27-22-21(16-34-23(22)24(32)28-26)20-6-4-5-18(3)15-20/h4-6,15-17,19H,7-14H2,1-3H3,(H,27,28,32). The lowest BCUT2D eigenvalue weighted by molar-refractivity contribution is -0.138. The lowest BCUT2D eigenvalue weighted by Gasteiger charge is -2.39. The number of hydrogen-bond donors (Lipinski definition) is 1. The summed E-state index contributed by atoms with van der Waals surface area (Å²) in [6.45, 7) is 11.5. The summed E-state index contributed by atoms with van der Waals surface area (Å²) in [6.07, 6.45) is 1.58. The minimum atomic E-state index is -0.0925. The zero-order chi connectivity index (χ0) is 23.8. The van der Waals surface area contributed by atoms with Crippen LogP contribution in [0.25, 0.3) is 21.3 Å². The maximum Gasteiger partial charge on any atom is 0.270 e. The van der Waals surface area contributed by atoms with Crippen LogP contribution in [0.5, 0.6) is 0 Å². The Morgan fingerprint density at radius 1 is 1.12 bits per heavy atom. The Hall–Kier alpha value is -2.71. The first-order chi connectivity index (χ1) is 16.4. The van der Waals surface area contributed by atoms with Gasteiger partial charge in [0, 0.05) is 62.2 Å². The normalized spacial score (nSPS) is 18.2. The second-order valence-corrected chi connectivity index (χ2v) is 10.7. The molecule has 2 aliphatic rings. The topological polar surface area (TPSA) is 72.5 Å². The highest BCUT2D eigenvalue weighted by atomic mass is 32.1. The van der Waals surface area contributed by atoms with Gasteiger partial charge in [0.05, 0.1) is 5.52 Å². The molecule has 0 bridgehead atoms. The second-order valence-electron chi connectivity index (χ2n) is 9.80. The van der Waals surface area contributed by atoms with Gasteiger partial charge in [-0.3, -0.25) is 19.5 Å². The van der Waals surface area contributed by atoms with Crippen molar-refractivity contribution in [3.05, 3.63) is 45.6 Å². The Labute approximate surface area is 204 Å². The highest BCUT2D eigenvalue weighted by molar-refractivity contribution is 7.17. The van der Waals surface area contributed by atoms with Gasteiger partial charge >= 0.3 is 0 Å². The first kappa shape index (κ1) is 23.1. The fourth-order valence-electron chi connectivity index (χ4n) is 5.14. The SMILES string of the molecule is Cc1cccc(-c2csc3c(=O)[nH]c(N4CCC(C(=O)N5CCN(C(C)C)CC5)CC4)nc23)c1. The van der Waals surface area contributed by atoms with E-state index < -0.39 is 0 Å². The summed E-state index contributed by atoms with van der Waals surface area (Å²) >= 11 is 1.44. The number of thiophene rings is 1. The van der Waals surface area contributed by atoms with Crippen molar-refractivity contribution in [2.75, 3.05) is 44.2 Å². The molecule has 2 aromatic heterocycles. The number of carbonyl (C=O) groups is 1. The number of aromatic amines is 1. The fraction of sp³-hybridized carbons (Fsp3) is 0.500. The van der Waals surface area contributed by atoms with Crippen LogP contribution >= 0.6 is 11.3 Å². The Balaban J connectivity index is 1.29. The molecule has 8 heteroatoms. The van der Waals surface area contributed by atoms with Crippen LogP contribution in [0.4, 0.5) is 5.95 Å². The number of piperidine rings is 1. The van der Waals surface area contributed by atoms with E-state index in [-0.39, 0.29) is 11.5 Å². The van der Waals surface area contributed by atoms with E-state index in [2.05, 4.69) is 53.8 Å². The van der Waals surface area contributed by atoms with Crippen molar-refractivity contribution in [3.8, 4) is 11.1 Å². The van der Waals surface area contributed by atoms with Crippen LogP contribution in [0, 0.1) is 12.8 Å². The molecule has 2 aliphatic heterocycles. The van der Waals surface area contributed by atoms with Crippen LogP contribution in [0.15, 0.2) is 34.4 Å². The molecule has 0 spiro atoms. The quantitative estimate of drug-likeness (QED) is 0.617. The molecule has 5 rings (SSSR count). The van der Waals surface area contributed by atoms with E-state index >= 15 is 0 Å². The lowest BCUT2D eigenvalue weighted by atomic mass is 9.95. The molecule has 2 saturated heterocycles. The number of piperazine rings is 1. The van der Waals surface area contributed by atoms with Gasteiger partial charge in [-0.15, -0.1) is 11.3 Å². The Morgan fingerprint density at radius 2 is 1.85 bits per heavy atom. The van der Waals surface area contributed by atoms with E-state index in [0.717, 1.165) is 68.8 Å². The summed E-state index contributed by atoms with van der Waals surface area (Å²) in [6, 6.07) is 8.82. The zero-order valence-corrected chi connectivity index (χ0v) is 21.0. The molecule has 0 aliphatic carbocycles. The molecule has 1 amide bonds. The van der Waals surface area contributed by atoms with Crippen molar-refractivity contribution >= 4 is 33.4 Å². The molecule has 34 heavy (non-hydrogen) atoms. The van der Waals surface area contributed by atoms with Crippen molar-refractivity contribution in [1.29, 1.82) is 0 Å². The molecule has 180 valence electrons. The first-order valence-corrected chi connectivity index (χ1v) is 13.1. The van der Waals surface area contributed by atoms with Crippen molar-refractivity contribution in [2.24, 2.45) is 5.92 Å². The van der Waals surface area contributed by atoms with Gasteiger partial charge in [0.2, 0.25) is 11.9 Å². The minimum absolute atomic E-state index is 0.0568. The average molecular weight is 480 g/mol. The van der Waals surface area contributed by atoms with Gasteiger partial charge in [-0.1, -0.05) is 29.8 Å². The number of amides is 1. The van der Waals surface area contributed by atoms with Crippen LogP contribution < -0.4 is 10.5 Å². The van der Waals surface area contributed by atoms with Gasteiger partial charge in [0.15, 0.2) is 0 Å². The second kappa shape index (κ2) is 9.50. The number of benzene rings is 1. The highest BCUT2D eigenvalue weighted by Crippen LogP contribution is 2.32. The van der Waals surface area contributed by atoms with Gasteiger partial charge in [-0.25, -0.2) is 4.98 Å². The maximum atomic E-state index is 13.1. The summed E-state index contributed by atoms with van der Waals surface area (Å²) in [5.41, 5.74) is 3.93. The van der Waals surface area contributed by atoms with Gasteiger partial charge in [-0.2, -0.15) is 0 Å². The van der Waals surface area contributed by atoms with E-state index in [1.54, 1.807) is 0 Å². The predicted octanol–water partition coefficient (Wildman–Crippen LogP) is 3.73. The molecule has 1 N–H and O–H groups in total. The fourth-order valence-corrected chi connectivity index (χ4v) is 6.05. The summed E-state index contributed by atoms with van der Waals surface area (Å²) in [7, 11) is 0. The van der Waals surface area contributed by atoms with Gasteiger partial charge in [-0.05, 0) is 39.2 Å². The number of rotatable bonds is 4. The Morgan fingerprint density at radius 3 is 2.53 bits per heavy atom. The van der Waals surface area contributed by atoms with Crippen LogP contribution in [0.1, 0.15) is 32.3 Å². The van der Waals surface area contributed by atoms with E-state index in [9.17, 15) is 9.59 Å². The van der Waals surface area contributed by atoms with E-state index in [0.29, 0.717) is 22.6 Å². The molecule has 0 saturated carbocycles. The van der Waals surface area contributed by atoms with Gasteiger partial charge < -0.3 is 9.80 Å². The molecule has 0 unspecified atom stereocenters. The first-order valence-electron chi connectivity index (χ1n) is 12.3. The van der Waals surface area contributed by atoms with E-state index in [1.807, 2.05) is 16.3 Å². The number of nitrogens with zero attached hydrogens (tertiary/aromatic N) is 4. The number of H-pyrrole nitrogens is 1. The van der Waals surface area contributed by atoms with Crippen molar-refractivity contribution in [3.63, 3.8) is 0 Å². The zero-order valence-electron chi connectivity index (χ0n) is 20.2. The summed E-state index contributed by atoms with van der Waals surface area (Å²) in [4.78, 5) is 40.4. The predicted molar refractivity (Wildman–Crippen MR) is 139 cm³/mol. The van der Waals surface area contributed by atoms with Crippen molar-refractivity contribution in [1.82, 2.24) is 19.8 Å². The van der Waals surface area contributed by atoms with Crippen molar-refractivity contribution < 1.29 is 4.79 Å². The van der Waals surface area contributed by atoms with Crippen LogP contribution in [0.2, 0.25) is 0 Å². The molecule has 4 heterocycles. The monoisotopic (exact) mass is 479 g/mol.